The van der Waals surface area contributed by atoms with Crippen molar-refractivity contribution in [1.29, 1.82) is 0 Å². The molecule has 3 N–H and O–H groups in total. The van der Waals surface area contributed by atoms with Gasteiger partial charge in [0.05, 0.1) is 0 Å². The van der Waals surface area contributed by atoms with Crippen LogP contribution >= 0.6 is 15.9 Å². The van der Waals surface area contributed by atoms with Crippen LogP contribution in [0.15, 0.2) is 28.7 Å². The lowest BCUT2D eigenvalue weighted by atomic mass is 9.98. The zero-order valence-electron chi connectivity index (χ0n) is 11.0. The lowest BCUT2D eigenvalue weighted by Crippen LogP contribution is -2.55. The Labute approximate surface area is 125 Å². The Kier molecular flexibility index (Phi) is 4.65. The molecule has 20 heavy (non-hydrogen) atoms. The second kappa shape index (κ2) is 6.26. The summed E-state index contributed by atoms with van der Waals surface area (Å²) in [7, 11) is 0. The molecule has 1 aliphatic rings. The summed E-state index contributed by atoms with van der Waals surface area (Å²) in [5.41, 5.74) is -0.156. The summed E-state index contributed by atoms with van der Waals surface area (Å²) < 4.78 is 0.911. The molecule has 0 heterocycles. The van der Waals surface area contributed by atoms with Crippen LogP contribution in [0.3, 0.4) is 0 Å². The molecular formula is C14H17BrN2O3. The summed E-state index contributed by atoms with van der Waals surface area (Å²) in [6.07, 6.45) is 2.64. The molecular weight excluding hydrogens is 324 g/mol. The van der Waals surface area contributed by atoms with E-state index < -0.39 is 17.5 Å². The molecule has 0 aliphatic heterocycles. The number of carboxylic acids is 1. The molecule has 0 bridgehead atoms. The van der Waals surface area contributed by atoms with Gasteiger partial charge in [0.2, 0.25) is 0 Å². The third kappa shape index (κ3) is 3.30. The highest BCUT2D eigenvalue weighted by atomic mass is 79.9. The van der Waals surface area contributed by atoms with Crippen molar-refractivity contribution < 1.29 is 14.7 Å². The van der Waals surface area contributed by atoms with Gasteiger partial charge in [0.1, 0.15) is 5.54 Å². The van der Waals surface area contributed by atoms with Gasteiger partial charge in [-0.15, -0.1) is 0 Å². The number of aliphatic carboxylic acids is 1. The molecule has 0 unspecified atom stereocenters. The Bertz CT molecular complexity index is 513. The Hall–Kier alpha value is -1.56. The summed E-state index contributed by atoms with van der Waals surface area (Å²) in [4.78, 5) is 23.2. The van der Waals surface area contributed by atoms with Crippen molar-refractivity contribution in [3.63, 3.8) is 0 Å². The minimum Gasteiger partial charge on any atom is -0.480 e. The van der Waals surface area contributed by atoms with E-state index in [1.54, 1.807) is 0 Å². The van der Waals surface area contributed by atoms with Crippen molar-refractivity contribution in [2.45, 2.75) is 37.8 Å². The summed E-state index contributed by atoms with van der Waals surface area (Å²) in [5.74, 6) is -0.953. The molecule has 2 amide bonds. The van der Waals surface area contributed by atoms with Gasteiger partial charge in [-0.1, -0.05) is 47.0 Å². The monoisotopic (exact) mass is 340 g/mol. The number of carbonyl (C=O) groups excluding carboxylic acids is 1. The van der Waals surface area contributed by atoms with E-state index in [-0.39, 0.29) is 0 Å². The Balaban J connectivity index is 1.92. The van der Waals surface area contributed by atoms with Crippen molar-refractivity contribution in [1.82, 2.24) is 10.6 Å². The molecule has 5 nitrogen and oxygen atoms in total. The number of nitrogens with one attached hydrogen (secondary N) is 2. The quantitative estimate of drug-likeness (QED) is 0.788. The van der Waals surface area contributed by atoms with Gasteiger partial charge in [-0.25, -0.2) is 9.59 Å². The highest BCUT2D eigenvalue weighted by Crippen LogP contribution is 2.29. The van der Waals surface area contributed by atoms with E-state index in [2.05, 4.69) is 26.6 Å². The van der Waals surface area contributed by atoms with Gasteiger partial charge in [-0.05, 0) is 24.5 Å². The molecule has 0 aromatic heterocycles. The molecule has 0 spiro atoms. The lowest BCUT2D eigenvalue weighted by Gasteiger charge is -2.25. The van der Waals surface area contributed by atoms with E-state index in [0.717, 1.165) is 22.9 Å². The average Bonchev–Trinajstić information content (AvgIpc) is 2.88. The Morgan fingerprint density at radius 3 is 2.50 bits per heavy atom. The predicted octanol–water partition coefficient (Wildman–Crippen LogP) is 2.65. The van der Waals surface area contributed by atoms with Crippen molar-refractivity contribution >= 4 is 27.9 Å². The first-order chi connectivity index (χ1) is 9.53. The smallest absolute Gasteiger partial charge is 0.329 e. The van der Waals surface area contributed by atoms with Crippen LogP contribution in [0.25, 0.3) is 0 Å². The molecule has 2 rings (SSSR count). The lowest BCUT2D eigenvalue weighted by molar-refractivity contribution is -0.144. The number of hydrogen-bond acceptors (Lipinski definition) is 2. The zero-order chi connectivity index (χ0) is 14.6. The third-order valence-corrected chi connectivity index (χ3v) is 4.39. The van der Waals surface area contributed by atoms with Gasteiger partial charge in [0.15, 0.2) is 0 Å². The average molecular weight is 341 g/mol. The fourth-order valence-electron chi connectivity index (χ4n) is 2.45. The minimum absolute atomic E-state index is 0.350. The first-order valence-electron chi connectivity index (χ1n) is 6.56. The first-order valence-corrected chi connectivity index (χ1v) is 7.36. The van der Waals surface area contributed by atoms with E-state index in [4.69, 9.17) is 0 Å². The molecule has 0 radical (unpaired) electrons. The maximum Gasteiger partial charge on any atom is 0.329 e. The summed E-state index contributed by atoms with van der Waals surface area (Å²) in [6, 6.07) is 7.13. The van der Waals surface area contributed by atoms with Crippen molar-refractivity contribution in [2.75, 3.05) is 0 Å². The fraction of sp³-hybridized carbons (Fsp3) is 0.429. The number of rotatable bonds is 4. The Morgan fingerprint density at radius 2 is 1.90 bits per heavy atom. The summed E-state index contributed by atoms with van der Waals surface area (Å²) >= 11 is 3.40. The molecule has 108 valence electrons. The van der Waals surface area contributed by atoms with E-state index in [1.165, 1.54) is 0 Å². The second-order valence-electron chi connectivity index (χ2n) is 4.99. The summed E-state index contributed by atoms with van der Waals surface area (Å²) in [5, 5.41) is 14.6. The number of carboxylic acid groups (broad SMARTS) is 1. The molecule has 6 heteroatoms. The van der Waals surface area contributed by atoms with Crippen molar-refractivity contribution in [2.24, 2.45) is 0 Å². The highest BCUT2D eigenvalue weighted by molar-refractivity contribution is 9.10. The molecule has 1 aliphatic carbocycles. The van der Waals surface area contributed by atoms with Crippen LogP contribution in [0.4, 0.5) is 4.79 Å². The van der Waals surface area contributed by atoms with Crippen LogP contribution in [0.2, 0.25) is 0 Å². The van der Waals surface area contributed by atoms with Gasteiger partial charge in [0.25, 0.3) is 0 Å². The van der Waals surface area contributed by atoms with E-state index >= 15 is 0 Å². The number of hydrogen-bond donors (Lipinski definition) is 3. The number of benzene rings is 1. The topological polar surface area (TPSA) is 78.4 Å². The number of amides is 2. The normalized spacial score (nSPS) is 16.6. The van der Waals surface area contributed by atoms with Crippen molar-refractivity contribution in [3.8, 4) is 0 Å². The maximum absolute atomic E-state index is 11.9. The second-order valence-corrected chi connectivity index (χ2v) is 5.85. The van der Waals surface area contributed by atoms with E-state index in [1.807, 2.05) is 24.3 Å². The Morgan fingerprint density at radius 1 is 1.25 bits per heavy atom. The standard InChI is InChI=1S/C14H17BrN2O3/c15-11-6-2-1-5-10(11)9-16-13(20)17-14(12(18)19)7-3-4-8-14/h1-2,5-6H,3-4,7-9H2,(H,18,19)(H2,16,17,20). The van der Waals surface area contributed by atoms with Crippen LogP contribution < -0.4 is 10.6 Å². The molecule has 0 atom stereocenters. The molecule has 0 saturated heterocycles. The molecule has 1 saturated carbocycles. The SMILES string of the molecule is O=C(NCc1ccccc1Br)NC1(C(=O)O)CCCC1. The van der Waals surface area contributed by atoms with Crippen LogP contribution in [0, 0.1) is 0 Å². The van der Waals surface area contributed by atoms with E-state index in [9.17, 15) is 14.7 Å². The van der Waals surface area contributed by atoms with Crippen LogP contribution in [-0.4, -0.2) is 22.6 Å². The number of carbonyl (C=O) groups is 2. The van der Waals surface area contributed by atoms with Gasteiger partial charge in [-0.3, -0.25) is 0 Å². The predicted molar refractivity (Wildman–Crippen MR) is 78.3 cm³/mol. The van der Waals surface area contributed by atoms with E-state index in [0.29, 0.717) is 19.4 Å². The first kappa shape index (κ1) is 14.8. The third-order valence-electron chi connectivity index (χ3n) is 3.62. The molecule has 1 aromatic rings. The van der Waals surface area contributed by atoms with Gasteiger partial charge in [0, 0.05) is 11.0 Å². The number of halogens is 1. The van der Waals surface area contributed by atoms with Crippen LogP contribution in [-0.2, 0) is 11.3 Å². The van der Waals surface area contributed by atoms with Crippen LogP contribution in [0.1, 0.15) is 31.2 Å². The molecule has 1 fully saturated rings. The fourth-order valence-corrected chi connectivity index (χ4v) is 2.87. The number of urea groups is 1. The van der Waals surface area contributed by atoms with Gasteiger partial charge >= 0.3 is 12.0 Å². The van der Waals surface area contributed by atoms with Crippen LogP contribution in [0.5, 0.6) is 0 Å². The zero-order valence-corrected chi connectivity index (χ0v) is 12.6. The minimum atomic E-state index is -1.10. The molecule has 1 aromatic carbocycles. The maximum atomic E-state index is 11.9. The van der Waals surface area contributed by atoms with Gasteiger partial charge in [-0.2, -0.15) is 0 Å². The summed E-state index contributed by atoms with van der Waals surface area (Å²) in [6.45, 7) is 0.350. The van der Waals surface area contributed by atoms with Gasteiger partial charge < -0.3 is 15.7 Å². The van der Waals surface area contributed by atoms with Crippen molar-refractivity contribution in [3.05, 3.63) is 34.3 Å². The largest absolute Gasteiger partial charge is 0.480 e. The highest BCUT2D eigenvalue weighted by Gasteiger charge is 2.42.